The van der Waals surface area contributed by atoms with E-state index in [0.29, 0.717) is 0 Å². The topological polar surface area (TPSA) is 0 Å². The first-order chi connectivity index (χ1) is 7.02. The van der Waals surface area contributed by atoms with Crippen molar-refractivity contribution in [2.24, 2.45) is 34.0 Å². The molecule has 0 aromatic rings. The zero-order valence-electron chi connectivity index (χ0n) is 10.5. The summed E-state index contributed by atoms with van der Waals surface area (Å²) in [5.41, 5.74) is 2.33. The number of hydrogen-bond donors (Lipinski definition) is 0. The highest BCUT2D eigenvalue weighted by molar-refractivity contribution is 5.27. The molecule has 84 valence electrons. The van der Waals surface area contributed by atoms with Gasteiger partial charge in [-0.05, 0) is 59.7 Å². The van der Waals surface area contributed by atoms with Crippen LogP contribution in [0.1, 0.15) is 59.3 Å². The van der Waals surface area contributed by atoms with E-state index >= 15 is 0 Å². The monoisotopic (exact) mass is 204 g/mol. The van der Waals surface area contributed by atoms with Crippen molar-refractivity contribution in [1.29, 1.82) is 0 Å². The average Bonchev–Trinajstić information content (AvgIpc) is 2.60. The van der Waals surface area contributed by atoms with Gasteiger partial charge >= 0.3 is 0 Å². The molecule has 5 rings (SSSR count). The first kappa shape index (κ1) is 9.07. The minimum atomic E-state index is 0.725. The van der Waals surface area contributed by atoms with E-state index in [1.54, 1.807) is 25.7 Å². The quantitative estimate of drug-likeness (QED) is 0.553. The van der Waals surface area contributed by atoms with Crippen molar-refractivity contribution in [2.75, 3.05) is 0 Å². The molecule has 0 amide bonds. The van der Waals surface area contributed by atoms with Gasteiger partial charge in [-0.3, -0.25) is 0 Å². The van der Waals surface area contributed by atoms with Gasteiger partial charge in [0.2, 0.25) is 0 Å². The maximum absolute atomic E-state index is 2.64. The van der Waals surface area contributed by atoms with Gasteiger partial charge in [-0.1, -0.05) is 33.6 Å². The Morgan fingerprint density at radius 3 is 2.47 bits per heavy atom. The molecule has 5 aliphatic rings. The lowest BCUT2D eigenvalue weighted by Gasteiger charge is -2.60. The van der Waals surface area contributed by atoms with Crippen molar-refractivity contribution in [2.45, 2.75) is 59.3 Å². The van der Waals surface area contributed by atoms with Crippen molar-refractivity contribution >= 4 is 0 Å². The molecule has 0 nitrogen and oxygen atoms in total. The lowest BCUT2D eigenvalue weighted by Crippen LogP contribution is -2.51. The van der Waals surface area contributed by atoms with Crippen LogP contribution in [-0.4, -0.2) is 0 Å². The van der Waals surface area contributed by atoms with Crippen LogP contribution in [0.2, 0.25) is 0 Å². The standard InChI is InChI=1S/C15H24/c1-10-5-4-6-15-8-12-11(7-14(10,15)3)13(12,2)9-15/h10-12H,4-9H2,1-3H3/t10-,11?,12?,13?,14+,15-/m1/s1. The summed E-state index contributed by atoms with van der Waals surface area (Å²) < 4.78 is 0. The molecule has 0 N–H and O–H groups in total. The fraction of sp³-hybridized carbons (Fsp3) is 1.00. The number of rotatable bonds is 0. The molecule has 5 saturated carbocycles. The van der Waals surface area contributed by atoms with Gasteiger partial charge in [-0.2, -0.15) is 0 Å². The molecule has 0 aliphatic heterocycles. The largest absolute Gasteiger partial charge is 0.0620 e. The molecule has 1 spiro atoms. The Morgan fingerprint density at radius 1 is 1.07 bits per heavy atom. The van der Waals surface area contributed by atoms with E-state index in [-0.39, 0.29) is 0 Å². The first-order valence-electron chi connectivity index (χ1n) is 7.02. The summed E-state index contributed by atoms with van der Waals surface area (Å²) in [6, 6.07) is 0. The summed E-state index contributed by atoms with van der Waals surface area (Å²) in [4.78, 5) is 0. The normalized spacial score (nSPS) is 70.2. The Hall–Kier alpha value is 0. The molecule has 6 atom stereocenters. The van der Waals surface area contributed by atoms with Gasteiger partial charge in [-0.25, -0.2) is 0 Å². The van der Waals surface area contributed by atoms with Crippen molar-refractivity contribution in [3.8, 4) is 0 Å². The Morgan fingerprint density at radius 2 is 1.80 bits per heavy atom. The third-order valence-corrected chi connectivity index (χ3v) is 7.64. The average molecular weight is 204 g/mol. The molecule has 15 heavy (non-hydrogen) atoms. The van der Waals surface area contributed by atoms with E-state index in [2.05, 4.69) is 20.8 Å². The molecule has 0 radical (unpaired) electrons. The SMILES string of the molecule is C[C@@H]1CCC[C@]23CC4C(C[C@@]12C)C4(C)C3. The van der Waals surface area contributed by atoms with Crippen LogP contribution >= 0.6 is 0 Å². The Balaban J connectivity index is 1.81. The summed E-state index contributed by atoms with van der Waals surface area (Å²) in [5.74, 6) is 3.28. The molecule has 0 aromatic carbocycles. The lowest BCUT2D eigenvalue weighted by molar-refractivity contribution is -0.102. The summed E-state index contributed by atoms with van der Waals surface area (Å²) >= 11 is 0. The zero-order valence-corrected chi connectivity index (χ0v) is 10.5. The van der Waals surface area contributed by atoms with Gasteiger partial charge in [0, 0.05) is 0 Å². The summed E-state index contributed by atoms with van der Waals surface area (Å²) in [7, 11) is 0. The minimum absolute atomic E-state index is 0.725. The van der Waals surface area contributed by atoms with E-state index in [1.165, 1.54) is 12.8 Å². The highest BCUT2D eigenvalue weighted by atomic mass is 14.8. The second-order valence-electron chi connectivity index (χ2n) is 7.79. The second-order valence-corrected chi connectivity index (χ2v) is 7.79. The molecule has 0 aromatic heterocycles. The molecule has 5 fully saturated rings. The van der Waals surface area contributed by atoms with E-state index in [4.69, 9.17) is 0 Å². The summed E-state index contributed by atoms with van der Waals surface area (Å²) in [6.45, 7) is 7.78. The van der Waals surface area contributed by atoms with E-state index in [9.17, 15) is 0 Å². The van der Waals surface area contributed by atoms with Crippen molar-refractivity contribution in [1.82, 2.24) is 0 Å². The van der Waals surface area contributed by atoms with Gasteiger partial charge in [0.15, 0.2) is 0 Å². The van der Waals surface area contributed by atoms with Crippen LogP contribution in [0.4, 0.5) is 0 Å². The maximum atomic E-state index is 2.64. The zero-order chi connectivity index (χ0) is 10.5. The molecule has 0 heterocycles. The summed E-state index contributed by atoms with van der Waals surface area (Å²) in [6.07, 6.45) is 9.36. The third-order valence-electron chi connectivity index (χ3n) is 7.64. The predicted molar refractivity (Wildman–Crippen MR) is 62.5 cm³/mol. The van der Waals surface area contributed by atoms with Crippen molar-refractivity contribution in [3.63, 3.8) is 0 Å². The minimum Gasteiger partial charge on any atom is -0.0620 e. The highest BCUT2D eigenvalue weighted by Crippen LogP contribution is 2.86. The smallest absolute Gasteiger partial charge is 0.0233 e. The van der Waals surface area contributed by atoms with Gasteiger partial charge in [0.25, 0.3) is 0 Å². The first-order valence-corrected chi connectivity index (χ1v) is 7.02. The second kappa shape index (κ2) is 2.17. The molecule has 0 heteroatoms. The third kappa shape index (κ3) is 0.746. The van der Waals surface area contributed by atoms with Gasteiger partial charge in [0.1, 0.15) is 0 Å². The van der Waals surface area contributed by atoms with Gasteiger partial charge in [0.05, 0.1) is 0 Å². The van der Waals surface area contributed by atoms with Crippen LogP contribution in [-0.2, 0) is 0 Å². The fourth-order valence-corrected chi connectivity index (χ4v) is 6.37. The van der Waals surface area contributed by atoms with Crippen LogP contribution < -0.4 is 0 Å². The van der Waals surface area contributed by atoms with Gasteiger partial charge < -0.3 is 0 Å². The molecule has 5 aliphatic carbocycles. The molecule has 4 bridgehead atoms. The molecular weight excluding hydrogens is 180 g/mol. The Bertz CT molecular complexity index is 333. The Labute approximate surface area is 93.8 Å². The van der Waals surface area contributed by atoms with Gasteiger partial charge in [-0.15, -0.1) is 0 Å². The molecular formula is C15H24. The van der Waals surface area contributed by atoms with E-state index in [1.807, 2.05) is 0 Å². The van der Waals surface area contributed by atoms with Crippen molar-refractivity contribution in [3.05, 3.63) is 0 Å². The van der Waals surface area contributed by atoms with Crippen LogP contribution in [0, 0.1) is 34.0 Å². The summed E-state index contributed by atoms with van der Waals surface area (Å²) in [5, 5.41) is 0. The molecule has 0 saturated heterocycles. The predicted octanol–water partition coefficient (Wildman–Crippen LogP) is 4.25. The maximum Gasteiger partial charge on any atom is -0.0233 e. The lowest BCUT2D eigenvalue weighted by atomic mass is 9.45. The fourth-order valence-electron chi connectivity index (χ4n) is 6.37. The van der Waals surface area contributed by atoms with Crippen LogP contribution in [0.5, 0.6) is 0 Å². The van der Waals surface area contributed by atoms with Crippen molar-refractivity contribution < 1.29 is 0 Å². The molecule has 3 unspecified atom stereocenters. The Kier molecular flexibility index (Phi) is 1.31. The number of hydrogen-bond acceptors (Lipinski definition) is 0. The van der Waals surface area contributed by atoms with Crippen LogP contribution in [0.15, 0.2) is 0 Å². The van der Waals surface area contributed by atoms with Crippen LogP contribution in [0.25, 0.3) is 0 Å². The van der Waals surface area contributed by atoms with Crippen LogP contribution in [0.3, 0.4) is 0 Å². The highest BCUT2D eigenvalue weighted by Gasteiger charge is 2.78. The van der Waals surface area contributed by atoms with E-state index in [0.717, 1.165) is 34.0 Å². The van der Waals surface area contributed by atoms with E-state index < -0.39 is 0 Å².